The van der Waals surface area contributed by atoms with Crippen LogP contribution in [0, 0.1) is 0 Å². The lowest BCUT2D eigenvalue weighted by Crippen LogP contribution is -2.39. The summed E-state index contributed by atoms with van der Waals surface area (Å²) in [6.07, 6.45) is 6.32. The number of anilines is 4. The molecule has 0 bridgehead atoms. The highest BCUT2D eigenvalue weighted by atomic mass is 79.9. The first-order chi connectivity index (χ1) is 23.2. The van der Waals surface area contributed by atoms with Crippen LogP contribution in [0.2, 0.25) is 0 Å². The van der Waals surface area contributed by atoms with E-state index < -0.39 is 23.6 Å². The van der Waals surface area contributed by atoms with Crippen LogP contribution in [0.1, 0.15) is 42.0 Å². The predicted octanol–water partition coefficient (Wildman–Crippen LogP) is 2.30. The third kappa shape index (κ3) is 8.86. The predicted molar refractivity (Wildman–Crippen MR) is 187 cm³/mol. The molecule has 7 N–H and O–H groups in total. The van der Waals surface area contributed by atoms with Crippen molar-refractivity contribution < 1.29 is 28.8 Å². The van der Waals surface area contributed by atoms with Gasteiger partial charge in [0.15, 0.2) is 0 Å². The van der Waals surface area contributed by atoms with Gasteiger partial charge in [-0.15, -0.1) is 0 Å². The van der Waals surface area contributed by atoms with Crippen LogP contribution in [0.25, 0.3) is 0 Å². The zero-order valence-electron chi connectivity index (χ0n) is 27.4. The molecule has 0 aliphatic carbocycles. The third-order valence-electron chi connectivity index (χ3n) is 7.15. The second-order valence-electron chi connectivity index (χ2n) is 10.9. The fourth-order valence-electron chi connectivity index (χ4n) is 4.75. The summed E-state index contributed by atoms with van der Waals surface area (Å²) in [7, 11) is 8.10. The van der Waals surface area contributed by atoms with E-state index in [1.165, 1.54) is 31.3 Å². The maximum Gasteiger partial charge on any atom is 0.314 e. The Morgan fingerprint density at radius 2 is 0.898 bits per heavy atom. The molecule has 4 heterocycles. The van der Waals surface area contributed by atoms with E-state index in [0.717, 1.165) is 0 Å². The van der Waals surface area contributed by atoms with Gasteiger partial charge in [-0.2, -0.15) is 0 Å². The second-order valence-corrected chi connectivity index (χ2v) is 11.8. The Kier molecular flexibility index (Phi) is 11.1. The van der Waals surface area contributed by atoms with Gasteiger partial charge in [-0.1, -0.05) is 6.58 Å². The molecule has 0 aliphatic rings. The van der Waals surface area contributed by atoms with Crippen molar-refractivity contribution in [2.45, 2.75) is 0 Å². The van der Waals surface area contributed by atoms with Gasteiger partial charge in [0.2, 0.25) is 0 Å². The highest BCUT2D eigenvalue weighted by Gasteiger charge is 2.20. The summed E-state index contributed by atoms with van der Waals surface area (Å²) in [6.45, 7) is 3.96. The average molecular weight is 739 g/mol. The number of hydrogen-bond acceptors (Lipinski definition) is 6. The summed E-state index contributed by atoms with van der Waals surface area (Å²) < 4.78 is 6.34. The topological polar surface area (TPSA) is 206 Å². The number of aromatic nitrogens is 4. The Morgan fingerprint density at radius 3 is 1.24 bits per heavy atom. The number of urea groups is 1. The quantitative estimate of drug-likeness (QED) is 0.0858. The number of hydrogen-bond donors (Lipinski definition) is 7. The molecule has 0 saturated carbocycles. The van der Waals surface area contributed by atoms with Crippen molar-refractivity contribution in [2.24, 2.45) is 28.2 Å². The Labute approximate surface area is 289 Å². The molecule has 4 aromatic heterocycles. The minimum Gasteiger partial charge on any atom is -0.349 e. The van der Waals surface area contributed by atoms with Crippen molar-refractivity contribution in [2.75, 3.05) is 41.4 Å². The number of nitrogens with zero attached hydrogens (tertiary/aromatic N) is 4. The third-order valence-corrected chi connectivity index (χ3v) is 7.51. The van der Waals surface area contributed by atoms with Gasteiger partial charge in [0.25, 0.3) is 29.5 Å². The molecule has 0 spiro atoms. The highest BCUT2D eigenvalue weighted by Crippen LogP contribution is 2.21. The lowest BCUT2D eigenvalue weighted by atomic mass is 10.3. The van der Waals surface area contributed by atoms with Gasteiger partial charge in [-0.05, 0) is 40.2 Å². The van der Waals surface area contributed by atoms with Gasteiger partial charge >= 0.3 is 6.03 Å². The standard InChI is InChI=1S/C31H36BrN11O6/c1-17(32)26(44)36-18-10-23(41(4)13-18)28(46)38-20-12-25(43(6)15-20)30(48)39-21-11-24(42(5)16-21)29(47)37-19-9-22(40(3)14-19)27(45)34-7-8-35-31(49)33-2/h9-16H,1,7-8H2,2-6H3,(H,34,45)(H,36,44)(H,37,47)(H,38,46)(H,39,48)(H2,33,35,49). The van der Waals surface area contributed by atoms with Crippen LogP contribution in [0.3, 0.4) is 0 Å². The van der Waals surface area contributed by atoms with E-state index in [2.05, 4.69) is 59.7 Å². The van der Waals surface area contributed by atoms with Crippen LogP contribution < -0.4 is 37.2 Å². The van der Waals surface area contributed by atoms with Gasteiger partial charge in [-0.25, -0.2) is 4.79 Å². The van der Waals surface area contributed by atoms with E-state index in [9.17, 15) is 28.8 Å². The zero-order valence-corrected chi connectivity index (χ0v) is 28.9. The molecule has 4 rings (SSSR count). The molecule has 7 amide bonds. The van der Waals surface area contributed by atoms with Gasteiger partial charge in [0.05, 0.1) is 27.2 Å². The van der Waals surface area contributed by atoms with E-state index in [1.807, 2.05) is 0 Å². The monoisotopic (exact) mass is 737 g/mol. The van der Waals surface area contributed by atoms with E-state index in [1.54, 1.807) is 71.2 Å². The molecule has 4 aromatic rings. The summed E-state index contributed by atoms with van der Waals surface area (Å²) in [6, 6.07) is 5.68. The Bertz CT molecular complexity index is 1960. The van der Waals surface area contributed by atoms with Crippen molar-refractivity contribution in [3.8, 4) is 0 Å². The van der Waals surface area contributed by atoms with Crippen LogP contribution in [0.4, 0.5) is 27.5 Å². The Hall–Kier alpha value is -6.04. The smallest absolute Gasteiger partial charge is 0.314 e. The largest absolute Gasteiger partial charge is 0.349 e. The SMILES string of the molecule is C=C(Br)C(=O)Nc1cc(C(=O)Nc2cc(C(=O)Nc3cc(C(=O)Nc4cc(C(=O)NCCNC(=O)NC)n(C)c4)n(C)c3)n(C)c2)n(C)c1. The van der Waals surface area contributed by atoms with Crippen LogP contribution in [0.5, 0.6) is 0 Å². The molecule has 0 aromatic carbocycles. The van der Waals surface area contributed by atoms with Crippen molar-refractivity contribution in [1.29, 1.82) is 0 Å². The fraction of sp³-hybridized carbons (Fsp3) is 0.226. The molecular weight excluding hydrogens is 702 g/mol. The van der Waals surface area contributed by atoms with Crippen LogP contribution in [-0.4, -0.2) is 74.0 Å². The van der Waals surface area contributed by atoms with Gasteiger partial charge < -0.3 is 55.5 Å². The number of halogens is 1. The zero-order chi connectivity index (χ0) is 36.0. The molecule has 0 radical (unpaired) electrons. The van der Waals surface area contributed by atoms with Crippen molar-refractivity contribution >= 4 is 74.2 Å². The van der Waals surface area contributed by atoms with Crippen LogP contribution in [-0.2, 0) is 33.0 Å². The molecule has 0 atom stereocenters. The number of aryl methyl sites for hydroxylation is 4. The van der Waals surface area contributed by atoms with Crippen molar-refractivity contribution in [3.05, 3.63) is 82.9 Å². The van der Waals surface area contributed by atoms with E-state index in [0.29, 0.717) is 28.4 Å². The number of carbonyl (C=O) groups is 6. The first-order valence-corrected chi connectivity index (χ1v) is 15.4. The fourth-order valence-corrected chi connectivity index (χ4v) is 4.85. The van der Waals surface area contributed by atoms with Crippen LogP contribution in [0.15, 0.2) is 60.1 Å². The van der Waals surface area contributed by atoms with Crippen molar-refractivity contribution in [3.63, 3.8) is 0 Å². The normalized spacial score (nSPS) is 10.6. The summed E-state index contributed by atoms with van der Waals surface area (Å²) >= 11 is 3.01. The Morgan fingerprint density at radius 1 is 0.571 bits per heavy atom. The maximum absolute atomic E-state index is 13.2. The molecule has 0 saturated heterocycles. The van der Waals surface area contributed by atoms with Crippen LogP contribution >= 0.6 is 15.9 Å². The van der Waals surface area contributed by atoms with E-state index >= 15 is 0 Å². The minimum atomic E-state index is -0.483. The van der Waals surface area contributed by atoms with E-state index in [4.69, 9.17) is 0 Å². The van der Waals surface area contributed by atoms with E-state index in [-0.39, 0.29) is 46.6 Å². The number of carbonyl (C=O) groups excluding carboxylic acids is 6. The summed E-state index contributed by atoms with van der Waals surface area (Å²) in [4.78, 5) is 75.0. The second kappa shape index (κ2) is 15.2. The summed E-state index contributed by atoms with van der Waals surface area (Å²) in [5, 5.41) is 18.6. The molecule has 49 heavy (non-hydrogen) atoms. The molecule has 0 aliphatic heterocycles. The minimum absolute atomic E-state index is 0.142. The molecule has 258 valence electrons. The lowest BCUT2D eigenvalue weighted by Gasteiger charge is -2.07. The number of amides is 7. The molecule has 0 unspecified atom stereocenters. The van der Waals surface area contributed by atoms with Gasteiger partial charge in [-0.3, -0.25) is 24.0 Å². The molecule has 0 fully saturated rings. The summed E-state index contributed by atoms with van der Waals surface area (Å²) in [5.41, 5.74) is 2.55. The maximum atomic E-state index is 13.2. The molecular formula is C31H36BrN11O6. The Balaban J connectivity index is 1.36. The van der Waals surface area contributed by atoms with Gasteiger partial charge in [0.1, 0.15) is 22.8 Å². The average Bonchev–Trinajstić information content (AvgIpc) is 3.80. The van der Waals surface area contributed by atoms with Crippen molar-refractivity contribution in [1.82, 2.24) is 34.2 Å². The molecule has 17 nitrogen and oxygen atoms in total. The first kappa shape index (κ1) is 35.8. The summed E-state index contributed by atoms with van der Waals surface area (Å²) in [5.74, 6) is -2.24. The highest BCUT2D eigenvalue weighted by molar-refractivity contribution is 9.12. The first-order valence-electron chi connectivity index (χ1n) is 14.7. The lowest BCUT2D eigenvalue weighted by molar-refractivity contribution is -0.112. The van der Waals surface area contributed by atoms with Gasteiger partial charge in [0, 0.05) is 73.1 Å². The number of nitrogens with one attached hydrogen (secondary N) is 7. The number of rotatable bonds is 12. The molecule has 18 heteroatoms.